The molecule has 0 amide bonds. The molecule has 0 aliphatic heterocycles. The first-order valence-electron chi connectivity index (χ1n) is 6.39. The number of rotatable bonds is 3. The fraction of sp³-hybridized carbons (Fsp3) is 0.600. The van der Waals surface area contributed by atoms with Crippen molar-refractivity contribution in [2.45, 2.75) is 52.7 Å². The van der Waals surface area contributed by atoms with Gasteiger partial charge in [-0.3, -0.25) is 0 Å². The van der Waals surface area contributed by atoms with Gasteiger partial charge in [0.25, 0.3) is 0 Å². The molecule has 2 heteroatoms. The van der Waals surface area contributed by atoms with E-state index in [1.165, 1.54) is 11.1 Å². The van der Waals surface area contributed by atoms with Crippen molar-refractivity contribution in [2.24, 2.45) is 5.41 Å². The van der Waals surface area contributed by atoms with E-state index in [0.717, 1.165) is 18.6 Å². The minimum Gasteiger partial charge on any atom is -0.490 e. The van der Waals surface area contributed by atoms with Crippen LogP contribution in [0.25, 0.3) is 0 Å². The third kappa shape index (κ3) is 2.06. The highest BCUT2D eigenvalue weighted by Gasteiger charge is 2.51. The summed E-state index contributed by atoms with van der Waals surface area (Å²) in [6, 6.07) is 6.18. The number of hydrogen-bond donors (Lipinski definition) is 1. The zero-order chi connectivity index (χ0) is 12.6. The van der Waals surface area contributed by atoms with Crippen molar-refractivity contribution in [3.05, 3.63) is 29.3 Å². The van der Waals surface area contributed by atoms with Crippen LogP contribution < -0.4 is 4.74 Å². The zero-order valence-corrected chi connectivity index (χ0v) is 11.2. The van der Waals surface area contributed by atoms with Gasteiger partial charge in [0.15, 0.2) is 0 Å². The van der Waals surface area contributed by atoms with E-state index in [-0.39, 0.29) is 17.6 Å². The first-order valence-corrected chi connectivity index (χ1v) is 6.39. The van der Waals surface area contributed by atoms with Crippen LogP contribution in [0.2, 0.25) is 0 Å². The number of hydrogen-bond acceptors (Lipinski definition) is 2. The Labute approximate surface area is 104 Å². The number of aryl methyl sites for hydroxylation is 2. The fourth-order valence-corrected chi connectivity index (χ4v) is 2.39. The Morgan fingerprint density at radius 1 is 1.35 bits per heavy atom. The topological polar surface area (TPSA) is 29.5 Å². The summed E-state index contributed by atoms with van der Waals surface area (Å²) in [5.74, 6) is 0.921. The summed E-state index contributed by atoms with van der Waals surface area (Å²) >= 11 is 0. The molecule has 0 radical (unpaired) electrons. The standard InChI is InChI=1S/C15H22O2/c1-5-15(4)13(16)9-14(15)17-12-7-6-10(2)11(3)8-12/h6-8,13-14,16H,5,9H2,1-4H3. The first-order chi connectivity index (χ1) is 7.97. The highest BCUT2D eigenvalue weighted by Crippen LogP contribution is 2.46. The Morgan fingerprint density at radius 2 is 2.06 bits per heavy atom. The maximum atomic E-state index is 9.83. The third-order valence-corrected chi connectivity index (χ3v) is 4.45. The van der Waals surface area contributed by atoms with Crippen LogP contribution in [0.3, 0.4) is 0 Å². The molecule has 1 aliphatic carbocycles. The van der Waals surface area contributed by atoms with Crippen LogP contribution in [-0.2, 0) is 0 Å². The van der Waals surface area contributed by atoms with E-state index < -0.39 is 0 Å². The van der Waals surface area contributed by atoms with E-state index >= 15 is 0 Å². The maximum Gasteiger partial charge on any atom is 0.120 e. The van der Waals surface area contributed by atoms with Crippen molar-refractivity contribution in [2.75, 3.05) is 0 Å². The van der Waals surface area contributed by atoms with E-state index in [1.54, 1.807) is 0 Å². The van der Waals surface area contributed by atoms with Crippen LogP contribution in [0.4, 0.5) is 0 Å². The second-order valence-electron chi connectivity index (χ2n) is 5.46. The number of aliphatic hydroxyl groups is 1. The van der Waals surface area contributed by atoms with Gasteiger partial charge in [-0.25, -0.2) is 0 Å². The molecule has 0 saturated heterocycles. The fourth-order valence-electron chi connectivity index (χ4n) is 2.39. The minimum absolute atomic E-state index is 0.0845. The average molecular weight is 234 g/mol. The van der Waals surface area contributed by atoms with Crippen LogP contribution in [-0.4, -0.2) is 17.3 Å². The van der Waals surface area contributed by atoms with E-state index in [9.17, 15) is 5.11 Å². The van der Waals surface area contributed by atoms with Crippen LogP contribution in [0, 0.1) is 19.3 Å². The monoisotopic (exact) mass is 234 g/mol. The zero-order valence-electron chi connectivity index (χ0n) is 11.2. The molecule has 17 heavy (non-hydrogen) atoms. The number of ether oxygens (including phenoxy) is 1. The van der Waals surface area contributed by atoms with Crippen molar-refractivity contribution in [1.82, 2.24) is 0 Å². The lowest BCUT2D eigenvalue weighted by atomic mass is 9.63. The van der Waals surface area contributed by atoms with Crippen LogP contribution in [0.1, 0.15) is 37.8 Å². The Hall–Kier alpha value is -1.02. The lowest BCUT2D eigenvalue weighted by molar-refractivity contribution is -0.147. The molecular weight excluding hydrogens is 212 g/mol. The molecule has 0 spiro atoms. The van der Waals surface area contributed by atoms with Crippen LogP contribution in [0.5, 0.6) is 5.75 Å². The van der Waals surface area contributed by atoms with Gasteiger partial charge in [-0.05, 0) is 43.5 Å². The summed E-state index contributed by atoms with van der Waals surface area (Å²) in [4.78, 5) is 0. The van der Waals surface area contributed by atoms with Crippen molar-refractivity contribution in [1.29, 1.82) is 0 Å². The molecule has 1 aromatic rings. The molecule has 0 heterocycles. The van der Waals surface area contributed by atoms with Gasteiger partial charge in [-0.2, -0.15) is 0 Å². The summed E-state index contributed by atoms with van der Waals surface area (Å²) in [6.45, 7) is 8.41. The van der Waals surface area contributed by atoms with Gasteiger partial charge in [0.1, 0.15) is 11.9 Å². The molecule has 3 atom stereocenters. The second-order valence-corrected chi connectivity index (χ2v) is 5.46. The molecule has 1 N–H and O–H groups in total. The maximum absolute atomic E-state index is 9.83. The van der Waals surface area contributed by atoms with E-state index in [1.807, 2.05) is 6.07 Å². The molecule has 2 nitrogen and oxygen atoms in total. The smallest absolute Gasteiger partial charge is 0.120 e. The van der Waals surface area contributed by atoms with Crippen molar-refractivity contribution in [3.8, 4) is 5.75 Å². The van der Waals surface area contributed by atoms with Crippen molar-refractivity contribution in [3.63, 3.8) is 0 Å². The number of aliphatic hydroxyl groups excluding tert-OH is 1. The Morgan fingerprint density at radius 3 is 2.59 bits per heavy atom. The molecule has 3 unspecified atom stereocenters. The summed E-state index contributed by atoms with van der Waals surface area (Å²) < 4.78 is 6.00. The molecule has 0 aromatic heterocycles. The summed E-state index contributed by atoms with van der Waals surface area (Å²) in [6.07, 6.45) is 1.62. The summed E-state index contributed by atoms with van der Waals surface area (Å²) in [5, 5.41) is 9.83. The molecule has 1 saturated carbocycles. The molecule has 2 rings (SSSR count). The predicted molar refractivity (Wildman–Crippen MR) is 69.4 cm³/mol. The van der Waals surface area contributed by atoms with Gasteiger partial charge < -0.3 is 9.84 Å². The highest BCUT2D eigenvalue weighted by molar-refractivity contribution is 5.34. The Kier molecular flexibility index (Phi) is 3.17. The molecule has 94 valence electrons. The molecule has 1 fully saturated rings. The van der Waals surface area contributed by atoms with Gasteiger partial charge >= 0.3 is 0 Å². The highest BCUT2D eigenvalue weighted by atomic mass is 16.5. The van der Waals surface area contributed by atoms with Gasteiger partial charge in [-0.1, -0.05) is 19.9 Å². The van der Waals surface area contributed by atoms with Crippen molar-refractivity contribution >= 4 is 0 Å². The van der Waals surface area contributed by atoms with Crippen LogP contribution in [0.15, 0.2) is 18.2 Å². The van der Waals surface area contributed by atoms with Gasteiger partial charge in [0.05, 0.1) is 6.10 Å². The minimum atomic E-state index is -0.218. The predicted octanol–water partition coefficient (Wildman–Crippen LogP) is 3.23. The summed E-state index contributed by atoms with van der Waals surface area (Å²) in [7, 11) is 0. The first kappa shape index (κ1) is 12.4. The largest absolute Gasteiger partial charge is 0.490 e. The van der Waals surface area contributed by atoms with Gasteiger partial charge in [-0.15, -0.1) is 0 Å². The molecule has 1 aromatic carbocycles. The third-order valence-electron chi connectivity index (χ3n) is 4.45. The van der Waals surface area contributed by atoms with Gasteiger partial charge in [0, 0.05) is 11.8 Å². The average Bonchev–Trinajstić information content (AvgIpc) is 2.32. The lowest BCUT2D eigenvalue weighted by Crippen LogP contribution is -2.57. The second kappa shape index (κ2) is 4.34. The Bertz CT molecular complexity index is 413. The van der Waals surface area contributed by atoms with Gasteiger partial charge in [0.2, 0.25) is 0 Å². The summed E-state index contributed by atoms with van der Waals surface area (Å²) in [5.41, 5.74) is 2.45. The SMILES string of the molecule is CCC1(C)C(O)CC1Oc1ccc(C)c(C)c1. The quantitative estimate of drug-likeness (QED) is 0.870. The Balaban J connectivity index is 2.09. The van der Waals surface area contributed by atoms with E-state index in [0.29, 0.717) is 0 Å². The number of benzene rings is 1. The van der Waals surface area contributed by atoms with Crippen LogP contribution >= 0.6 is 0 Å². The van der Waals surface area contributed by atoms with Crippen molar-refractivity contribution < 1.29 is 9.84 Å². The molecular formula is C15H22O2. The normalized spacial score (nSPS) is 32.1. The van der Waals surface area contributed by atoms with E-state index in [2.05, 4.69) is 39.8 Å². The lowest BCUT2D eigenvalue weighted by Gasteiger charge is -2.50. The molecule has 1 aliphatic rings. The molecule has 0 bridgehead atoms. The van der Waals surface area contributed by atoms with E-state index in [4.69, 9.17) is 4.74 Å².